The van der Waals surface area contributed by atoms with Crippen LogP contribution in [0.15, 0.2) is 35.7 Å². The first-order chi connectivity index (χ1) is 12.6. The van der Waals surface area contributed by atoms with Crippen LogP contribution in [0, 0.1) is 0 Å². The molecule has 5 nitrogen and oxygen atoms in total. The van der Waals surface area contributed by atoms with Crippen LogP contribution in [0.1, 0.15) is 53.9 Å². The molecule has 1 atom stereocenters. The number of phenols is 1. The summed E-state index contributed by atoms with van der Waals surface area (Å²) in [5.41, 5.74) is 0.454. The monoisotopic (exact) mass is 373 g/mol. The first-order valence-electron chi connectivity index (χ1n) is 8.92. The number of hydrogen-bond acceptors (Lipinski definition) is 5. The first kappa shape index (κ1) is 18.5. The Bertz CT molecular complexity index is 772. The summed E-state index contributed by atoms with van der Waals surface area (Å²) in [7, 11) is 0. The van der Waals surface area contributed by atoms with E-state index in [0.29, 0.717) is 17.9 Å². The van der Waals surface area contributed by atoms with E-state index in [1.165, 1.54) is 17.0 Å². The molecular weight excluding hydrogens is 350 g/mol. The summed E-state index contributed by atoms with van der Waals surface area (Å²) in [6.45, 7) is 2.97. The normalized spacial score (nSPS) is 16.7. The van der Waals surface area contributed by atoms with Gasteiger partial charge in [0, 0.05) is 29.8 Å². The van der Waals surface area contributed by atoms with Gasteiger partial charge in [0.25, 0.3) is 0 Å². The number of likely N-dealkylation sites (tertiary alicyclic amines) is 1. The zero-order valence-corrected chi connectivity index (χ0v) is 15.6. The predicted octanol–water partition coefficient (Wildman–Crippen LogP) is 4.18. The highest BCUT2D eigenvalue weighted by molar-refractivity contribution is 7.10. The number of benzene rings is 1. The molecule has 1 aromatic carbocycles. The Morgan fingerprint density at radius 3 is 2.88 bits per heavy atom. The number of hydrogen-bond donors (Lipinski definition) is 1. The highest BCUT2D eigenvalue weighted by atomic mass is 32.1. The Morgan fingerprint density at radius 1 is 1.31 bits per heavy atom. The maximum absolute atomic E-state index is 12.6. The number of carbonyl (C=O) groups is 2. The minimum atomic E-state index is -0.119. The fourth-order valence-electron chi connectivity index (χ4n) is 3.31. The molecule has 0 unspecified atom stereocenters. The molecule has 0 aliphatic carbocycles. The van der Waals surface area contributed by atoms with Gasteiger partial charge >= 0.3 is 0 Å². The van der Waals surface area contributed by atoms with E-state index in [2.05, 4.69) is 6.07 Å². The van der Waals surface area contributed by atoms with E-state index < -0.39 is 0 Å². The van der Waals surface area contributed by atoms with Crippen LogP contribution in [-0.2, 0) is 4.79 Å². The number of carbonyl (C=O) groups excluding carboxylic acids is 2. The van der Waals surface area contributed by atoms with Crippen molar-refractivity contribution in [3.05, 3.63) is 46.2 Å². The number of aromatic hydroxyl groups is 1. The number of ketones is 1. The van der Waals surface area contributed by atoms with Gasteiger partial charge in [-0.15, -0.1) is 11.3 Å². The van der Waals surface area contributed by atoms with E-state index >= 15 is 0 Å². The van der Waals surface area contributed by atoms with Crippen molar-refractivity contribution in [3.8, 4) is 11.5 Å². The van der Waals surface area contributed by atoms with E-state index in [-0.39, 0.29) is 36.3 Å². The fraction of sp³-hybridized carbons (Fsp3) is 0.400. The van der Waals surface area contributed by atoms with Gasteiger partial charge in [-0.2, -0.15) is 0 Å². The predicted molar refractivity (Wildman–Crippen MR) is 101 cm³/mol. The molecule has 0 bridgehead atoms. The molecule has 6 heteroatoms. The van der Waals surface area contributed by atoms with E-state index in [4.69, 9.17) is 4.74 Å². The van der Waals surface area contributed by atoms with Crippen molar-refractivity contribution in [2.75, 3.05) is 13.2 Å². The number of ether oxygens (including phenoxy) is 1. The maximum Gasteiger partial charge on any atom is 0.223 e. The standard InChI is InChI=1S/C20H23NO4S/c1-2-25-18-13-14(7-8-17(18)23)16(22)9-10-20(24)21-11-3-5-15(21)19-6-4-12-26-19/h4,6-8,12-13,15,23H,2-3,5,9-11H2,1H3/t15-/m0/s1. The summed E-state index contributed by atoms with van der Waals surface area (Å²) < 4.78 is 5.31. The van der Waals surface area contributed by atoms with Crippen molar-refractivity contribution >= 4 is 23.0 Å². The lowest BCUT2D eigenvalue weighted by Crippen LogP contribution is -2.30. The van der Waals surface area contributed by atoms with Crippen LogP contribution < -0.4 is 4.74 Å². The molecule has 0 spiro atoms. The third-order valence-corrected chi connectivity index (χ3v) is 5.57. The second-order valence-electron chi connectivity index (χ2n) is 6.30. The molecule has 1 amide bonds. The van der Waals surface area contributed by atoms with Crippen LogP contribution in [0.2, 0.25) is 0 Å². The van der Waals surface area contributed by atoms with Crippen LogP contribution in [0.4, 0.5) is 0 Å². The summed E-state index contributed by atoms with van der Waals surface area (Å²) in [6, 6.07) is 8.78. The molecule has 1 aromatic heterocycles. The van der Waals surface area contributed by atoms with Crippen LogP contribution in [-0.4, -0.2) is 34.8 Å². The molecule has 1 N–H and O–H groups in total. The fourth-order valence-corrected chi connectivity index (χ4v) is 4.18. The molecule has 1 aliphatic heterocycles. The van der Waals surface area contributed by atoms with Crippen LogP contribution in [0.3, 0.4) is 0 Å². The minimum Gasteiger partial charge on any atom is -0.504 e. The van der Waals surface area contributed by atoms with E-state index in [1.54, 1.807) is 17.4 Å². The van der Waals surface area contributed by atoms with Gasteiger partial charge in [-0.3, -0.25) is 9.59 Å². The number of thiophene rings is 1. The Morgan fingerprint density at radius 2 is 2.15 bits per heavy atom. The average molecular weight is 373 g/mol. The summed E-state index contributed by atoms with van der Waals surface area (Å²) in [4.78, 5) is 28.2. The lowest BCUT2D eigenvalue weighted by atomic mass is 10.1. The van der Waals surface area contributed by atoms with Gasteiger partial charge in [0.15, 0.2) is 17.3 Å². The Kier molecular flexibility index (Phi) is 5.93. The topological polar surface area (TPSA) is 66.8 Å². The SMILES string of the molecule is CCOc1cc(C(=O)CCC(=O)N2CCC[C@H]2c2cccs2)ccc1O. The van der Waals surface area contributed by atoms with E-state index in [9.17, 15) is 14.7 Å². The quantitative estimate of drug-likeness (QED) is 0.740. The van der Waals surface area contributed by atoms with Crippen molar-refractivity contribution in [3.63, 3.8) is 0 Å². The van der Waals surface area contributed by atoms with Gasteiger partial charge in [-0.25, -0.2) is 0 Å². The average Bonchev–Trinajstić information content (AvgIpc) is 3.32. The Hall–Kier alpha value is -2.34. The lowest BCUT2D eigenvalue weighted by Gasteiger charge is -2.23. The van der Waals surface area contributed by atoms with Gasteiger partial charge in [-0.1, -0.05) is 6.07 Å². The molecule has 1 saturated heterocycles. The summed E-state index contributed by atoms with van der Waals surface area (Å²) in [6.07, 6.45) is 2.34. The molecule has 2 heterocycles. The molecule has 3 rings (SSSR count). The Balaban J connectivity index is 1.60. The maximum atomic E-state index is 12.6. The first-order valence-corrected chi connectivity index (χ1v) is 9.80. The number of Topliss-reactive ketones (excluding diaryl/α,β-unsaturated/α-hetero) is 1. The largest absolute Gasteiger partial charge is 0.504 e. The second-order valence-corrected chi connectivity index (χ2v) is 7.28. The Labute approximate surface area is 157 Å². The molecule has 0 saturated carbocycles. The van der Waals surface area contributed by atoms with Gasteiger partial charge in [0.05, 0.1) is 12.6 Å². The summed E-state index contributed by atoms with van der Waals surface area (Å²) >= 11 is 1.67. The molecule has 26 heavy (non-hydrogen) atoms. The van der Waals surface area contributed by atoms with Crippen molar-refractivity contribution in [2.45, 2.75) is 38.6 Å². The third-order valence-electron chi connectivity index (χ3n) is 4.59. The molecule has 0 radical (unpaired) electrons. The van der Waals surface area contributed by atoms with Gasteiger partial charge in [-0.05, 0) is 49.4 Å². The highest BCUT2D eigenvalue weighted by Gasteiger charge is 2.30. The smallest absolute Gasteiger partial charge is 0.223 e. The van der Waals surface area contributed by atoms with Gasteiger partial charge in [0.2, 0.25) is 5.91 Å². The zero-order chi connectivity index (χ0) is 18.5. The lowest BCUT2D eigenvalue weighted by molar-refractivity contribution is -0.132. The van der Waals surface area contributed by atoms with Crippen LogP contribution in [0.5, 0.6) is 11.5 Å². The molecular formula is C20H23NO4S. The van der Waals surface area contributed by atoms with E-state index in [0.717, 1.165) is 19.4 Å². The van der Waals surface area contributed by atoms with Crippen molar-refractivity contribution in [2.24, 2.45) is 0 Å². The number of phenolic OH excluding ortho intramolecular Hbond substituents is 1. The second kappa shape index (κ2) is 8.36. The summed E-state index contributed by atoms with van der Waals surface area (Å²) in [5, 5.41) is 11.8. The van der Waals surface area contributed by atoms with Crippen molar-refractivity contribution in [1.82, 2.24) is 4.90 Å². The molecule has 1 aliphatic rings. The van der Waals surface area contributed by atoms with E-state index in [1.807, 2.05) is 23.3 Å². The van der Waals surface area contributed by atoms with Crippen molar-refractivity contribution in [1.29, 1.82) is 0 Å². The van der Waals surface area contributed by atoms with Gasteiger partial charge < -0.3 is 14.7 Å². The van der Waals surface area contributed by atoms with Crippen molar-refractivity contribution < 1.29 is 19.4 Å². The van der Waals surface area contributed by atoms with Gasteiger partial charge in [0.1, 0.15) is 0 Å². The third kappa shape index (κ3) is 4.07. The number of rotatable bonds is 7. The van der Waals surface area contributed by atoms with Crippen LogP contribution >= 0.6 is 11.3 Å². The van der Waals surface area contributed by atoms with Crippen LogP contribution in [0.25, 0.3) is 0 Å². The number of nitrogens with zero attached hydrogens (tertiary/aromatic N) is 1. The summed E-state index contributed by atoms with van der Waals surface area (Å²) in [5.74, 6) is 0.210. The molecule has 138 valence electrons. The molecule has 1 fully saturated rings. The number of amides is 1. The molecule has 2 aromatic rings. The highest BCUT2D eigenvalue weighted by Crippen LogP contribution is 2.35. The minimum absolute atomic E-state index is 0.00957. The zero-order valence-electron chi connectivity index (χ0n) is 14.8.